The van der Waals surface area contributed by atoms with Gasteiger partial charge in [-0.05, 0) is 13.3 Å². The zero-order chi connectivity index (χ0) is 19.8. The highest BCUT2D eigenvalue weighted by Crippen LogP contribution is 2.37. The normalized spacial score (nSPS) is 25.6. The van der Waals surface area contributed by atoms with Gasteiger partial charge in [0.25, 0.3) is 0 Å². The summed E-state index contributed by atoms with van der Waals surface area (Å²) in [5.41, 5.74) is 5.80. The van der Waals surface area contributed by atoms with Gasteiger partial charge in [0.15, 0.2) is 5.96 Å². The maximum Gasteiger partial charge on any atom is 0.418 e. The Bertz CT molecular complexity index is 747. The molecule has 0 bridgehead atoms. The van der Waals surface area contributed by atoms with Crippen LogP contribution in [0.1, 0.15) is 32.6 Å². The number of amides is 2. The van der Waals surface area contributed by atoms with Crippen molar-refractivity contribution in [3.63, 3.8) is 0 Å². The molecule has 12 nitrogen and oxygen atoms in total. The van der Waals surface area contributed by atoms with Crippen molar-refractivity contribution in [2.75, 3.05) is 26.2 Å². The first kappa shape index (κ1) is 19.6. The fourth-order valence-corrected chi connectivity index (χ4v) is 4.17. The third kappa shape index (κ3) is 4.09. The molecule has 13 heteroatoms. The molecule has 1 spiro atoms. The van der Waals surface area contributed by atoms with Crippen molar-refractivity contribution in [3.05, 3.63) is 0 Å². The summed E-state index contributed by atoms with van der Waals surface area (Å²) < 4.78 is 35.0. The second-order valence-electron chi connectivity index (χ2n) is 6.88. The molecule has 0 aromatic heterocycles. The van der Waals surface area contributed by atoms with E-state index in [4.69, 9.17) is 20.5 Å². The highest BCUT2D eigenvalue weighted by atomic mass is 32.3. The highest BCUT2D eigenvalue weighted by molar-refractivity contribution is 7.80. The molecule has 0 aromatic carbocycles. The summed E-state index contributed by atoms with van der Waals surface area (Å²) in [6.07, 6.45) is 2.30. The molecule has 0 aromatic rings. The Balaban J connectivity index is 1.65. The number of carbonyl (C=O) groups is 1. The molecule has 2 fully saturated rings. The van der Waals surface area contributed by atoms with Crippen LogP contribution in [0.4, 0.5) is 4.79 Å². The predicted octanol–water partition coefficient (Wildman–Crippen LogP) is -0.259. The second kappa shape index (κ2) is 7.13. The lowest BCUT2D eigenvalue weighted by molar-refractivity contribution is -0.0525. The van der Waals surface area contributed by atoms with E-state index in [9.17, 15) is 13.2 Å². The smallest absolute Gasteiger partial charge is 0.389 e. The summed E-state index contributed by atoms with van der Waals surface area (Å²) >= 11 is 0. The summed E-state index contributed by atoms with van der Waals surface area (Å²) in [6.45, 7) is 3.30. The van der Waals surface area contributed by atoms with E-state index in [0.717, 1.165) is 5.71 Å². The molecule has 4 N–H and O–H groups in total. The minimum Gasteiger partial charge on any atom is -0.389 e. The third-order valence-corrected chi connectivity index (χ3v) is 5.59. The van der Waals surface area contributed by atoms with Gasteiger partial charge >= 0.3 is 16.4 Å². The molecular formula is C14H24N6O6S. The molecule has 1 atom stereocenters. The zero-order valence-electron chi connectivity index (χ0n) is 15.0. The lowest BCUT2D eigenvalue weighted by Crippen LogP contribution is -2.57. The average Bonchev–Trinajstić information content (AvgIpc) is 2.99. The van der Waals surface area contributed by atoms with Crippen molar-refractivity contribution in [1.29, 1.82) is 5.41 Å². The van der Waals surface area contributed by atoms with E-state index in [1.807, 2.05) is 0 Å². The Morgan fingerprint density at radius 1 is 1.44 bits per heavy atom. The minimum absolute atomic E-state index is 0.00389. The molecule has 0 saturated carbocycles. The number of likely N-dealkylation sites (tertiary alicyclic amines) is 1. The molecule has 3 aliphatic heterocycles. The van der Waals surface area contributed by atoms with E-state index in [0.29, 0.717) is 50.4 Å². The standard InChI is InChI=1S/C14H24N6O6S/c1-2-19-11(3-6-20(13(19)21)26-27(22,23)24)10-9-14(25-17-10)4-7-18(8-5-14)12(15)16/h11H,2-9H2,1H3,(H3,15,16)(H,22,23,24)/t11-/m0/s1. The van der Waals surface area contributed by atoms with Crippen LogP contribution in [0.2, 0.25) is 0 Å². The average molecular weight is 404 g/mol. The second-order valence-corrected chi connectivity index (χ2v) is 7.89. The SMILES string of the molecule is CCN1C(=O)N(OS(=O)(=O)O)CC[C@H]1C1=NOC2(CCN(C(=N)N)CC2)C1. The third-order valence-electron chi connectivity index (χ3n) is 5.23. The summed E-state index contributed by atoms with van der Waals surface area (Å²) in [5.74, 6) is 0.0398. The van der Waals surface area contributed by atoms with Gasteiger partial charge in [0.2, 0.25) is 0 Å². The van der Waals surface area contributed by atoms with Gasteiger partial charge in [-0.2, -0.15) is 13.5 Å². The molecule has 0 radical (unpaired) electrons. The van der Waals surface area contributed by atoms with Crippen molar-refractivity contribution in [2.45, 2.75) is 44.2 Å². The molecule has 3 aliphatic rings. The highest BCUT2D eigenvalue weighted by Gasteiger charge is 2.47. The largest absolute Gasteiger partial charge is 0.418 e. The number of oxime groups is 1. The maximum absolute atomic E-state index is 12.5. The minimum atomic E-state index is -4.77. The Morgan fingerprint density at radius 3 is 2.67 bits per heavy atom. The number of carbonyl (C=O) groups excluding carboxylic acids is 1. The number of hydroxylamine groups is 2. The molecule has 0 aliphatic carbocycles. The van der Waals surface area contributed by atoms with Crippen molar-refractivity contribution < 1.29 is 26.9 Å². The lowest BCUT2D eigenvalue weighted by atomic mass is 9.84. The Labute approximate surface area is 157 Å². The molecule has 3 heterocycles. The van der Waals surface area contributed by atoms with Crippen LogP contribution >= 0.6 is 0 Å². The van der Waals surface area contributed by atoms with Crippen LogP contribution in [-0.2, 0) is 19.5 Å². The molecule has 2 saturated heterocycles. The lowest BCUT2D eigenvalue weighted by Gasteiger charge is -2.40. The molecular weight excluding hydrogens is 380 g/mol. The van der Waals surface area contributed by atoms with Crippen LogP contribution < -0.4 is 5.73 Å². The van der Waals surface area contributed by atoms with E-state index >= 15 is 0 Å². The summed E-state index contributed by atoms with van der Waals surface area (Å²) in [4.78, 5) is 21.5. The van der Waals surface area contributed by atoms with Crippen LogP contribution in [-0.4, -0.2) is 83.4 Å². The fourth-order valence-electron chi connectivity index (χ4n) is 3.80. The van der Waals surface area contributed by atoms with E-state index in [-0.39, 0.29) is 18.5 Å². The van der Waals surface area contributed by atoms with Crippen LogP contribution in [0, 0.1) is 5.41 Å². The summed E-state index contributed by atoms with van der Waals surface area (Å²) in [5, 5.41) is 12.4. The van der Waals surface area contributed by atoms with E-state index in [1.165, 1.54) is 4.90 Å². The van der Waals surface area contributed by atoms with Crippen molar-refractivity contribution in [3.8, 4) is 0 Å². The Kier molecular flexibility index (Phi) is 5.18. The fraction of sp³-hybridized carbons (Fsp3) is 0.786. The number of piperidine rings is 1. The van der Waals surface area contributed by atoms with Gasteiger partial charge in [0.1, 0.15) is 5.60 Å². The maximum atomic E-state index is 12.5. The first-order chi connectivity index (χ1) is 12.6. The van der Waals surface area contributed by atoms with Gasteiger partial charge in [-0.15, -0.1) is 4.28 Å². The van der Waals surface area contributed by atoms with E-state index in [2.05, 4.69) is 9.44 Å². The monoisotopic (exact) mass is 404 g/mol. The van der Waals surface area contributed by atoms with Crippen LogP contribution in [0.25, 0.3) is 0 Å². The van der Waals surface area contributed by atoms with E-state index < -0.39 is 22.0 Å². The number of rotatable bonds is 4. The topological polar surface area (TPSA) is 162 Å². The van der Waals surface area contributed by atoms with Crippen LogP contribution in [0.5, 0.6) is 0 Å². The van der Waals surface area contributed by atoms with Gasteiger partial charge in [-0.3, -0.25) is 9.96 Å². The van der Waals surface area contributed by atoms with Crippen LogP contribution in [0.15, 0.2) is 5.16 Å². The summed E-state index contributed by atoms with van der Waals surface area (Å²) in [7, 11) is -4.77. The molecule has 152 valence electrons. The first-order valence-electron chi connectivity index (χ1n) is 8.73. The van der Waals surface area contributed by atoms with E-state index in [1.54, 1.807) is 11.8 Å². The Hall–Kier alpha value is -2.12. The summed E-state index contributed by atoms with van der Waals surface area (Å²) in [6, 6.07) is -0.976. The number of nitrogens with zero attached hydrogens (tertiary/aromatic N) is 4. The number of guanidine groups is 1. The van der Waals surface area contributed by atoms with Crippen molar-refractivity contribution in [1.82, 2.24) is 14.9 Å². The van der Waals surface area contributed by atoms with Crippen molar-refractivity contribution >= 4 is 28.1 Å². The Morgan fingerprint density at radius 2 is 2.11 bits per heavy atom. The van der Waals surface area contributed by atoms with Gasteiger partial charge in [0.05, 0.1) is 18.3 Å². The van der Waals surface area contributed by atoms with Gasteiger partial charge in [-0.25, -0.2) is 4.79 Å². The van der Waals surface area contributed by atoms with Gasteiger partial charge in [-0.1, -0.05) is 5.16 Å². The molecule has 0 unspecified atom stereocenters. The quantitative estimate of drug-likeness (QED) is 0.328. The number of nitrogens with two attached hydrogens (primary N) is 1. The zero-order valence-corrected chi connectivity index (χ0v) is 15.8. The van der Waals surface area contributed by atoms with Crippen LogP contribution in [0.3, 0.4) is 0 Å². The van der Waals surface area contributed by atoms with Gasteiger partial charge < -0.3 is 20.4 Å². The number of hydrogen-bond acceptors (Lipinski definition) is 7. The molecule has 2 amide bonds. The molecule has 27 heavy (non-hydrogen) atoms. The number of hydrogen-bond donors (Lipinski definition) is 3. The van der Waals surface area contributed by atoms with Gasteiger partial charge in [0, 0.05) is 38.9 Å². The first-order valence-corrected chi connectivity index (χ1v) is 10.1. The molecule has 3 rings (SSSR count). The number of nitrogens with one attached hydrogen (secondary N) is 1. The van der Waals surface area contributed by atoms with Crippen molar-refractivity contribution in [2.24, 2.45) is 10.9 Å². The number of urea groups is 1. The predicted molar refractivity (Wildman–Crippen MR) is 94.1 cm³/mol.